The fourth-order valence-corrected chi connectivity index (χ4v) is 1.81. The zero-order chi connectivity index (χ0) is 15.2. The Hall–Kier alpha value is -2.49. The molecule has 0 bridgehead atoms. The van der Waals surface area contributed by atoms with Gasteiger partial charge in [-0.3, -0.25) is 0 Å². The number of nitriles is 1. The van der Waals surface area contributed by atoms with Crippen molar-refractivity contribution in [2.45, 2.75) is 19.6 Å². The molecule has 0 aliphatic rings. The van der Waals surface area contributed by atoms with Crippen LogP contribution in [0, 0.1) is 18.3 Å². The fraction of sp³-hybridized carbons (Fsp3) is 0.267. The Labute approximate surface area is 122 Å². The van der Waals surface area contributed by atoms with Gasteiger partial charge in [0.15, 0.2) is 5.69 Å². The van der Waals surface area contributed by atoms with Crippen LogP contribution in [0.3, 0.4) is 0 Å². The molecule has 6 nitrogen and oxygen atoms in total. The van der Waals surface area contributed by atoms with Gasteiger partial charge in [0, 0.05) is 0 Å². The maximum Gasteiger partial charge on any atom is 0.190 e. The molecule has 1 unspecified atom stereocenters. The third kappa shape index (κ3) is 3.75. The second kappa shape index (κ2) is 6.79. The summed E-state index contributed by atoms with van der Waals surface area (Å²) in [6, 6.07) is 9.89. The van der Waals surface area contributed by atoms with Crippen molar-refractivity contribution in [1.29, 1.82) is 5.26 Å². The van der Waals surface area contributed by atoms with Gasteiger partial charge in [-0.2, -0.15) is 5.26 Å². The summed E-state index contributed by atoms with van der Waals surface area (Å²) >= 11 is 0. The second-order valence-electron chi connectivity index (χ2n) is 4.70. The summed E-state index contributed by atoms with van der Waals surface area (Å²) in [5.41, 5.74) is 2.84. The molecule has 0 radical (unpaired) electrons. The average Bonchev–Trinajstić information content (AvgIpc) is 2.88. The van der Waals surface area contributed by atoms with E-state index in [4.69, 9.17) is 10.4 Å². The maximum atomic E-state index is 9.49. The van der Waals surface area contributed by atoms with Crippen LogP contribution in [-0.2, 0) is 6.54 Å². The highest BCUT2D eigenvalue weighted by atomic mass is 16.3. The topological polar surface area (TPSA) is 95.0 Å². The zero-order valence-corrected chi connectivity index (χ0v) is 11.6. The van der Waals surface area contributed by atoms with Gasteiger partial charge in [-0.1, -0.05) is 41.1 Å². The Morgan fingerprint density at radius 1 is 1.33 bits per heavy atom. The molecule has 1 atom stereocenters. The van der Waals surface area contributed by atoms with Crippen molar-refractivity contribution in [2.75, 3.05) is 6.61 Å². The van der Waals surface area contributed by atoms with Crippen molar-refractivity contribution in [1.82, 2.24) is 15.0 Å². The Morgan fingerprint density at radius 3 is 2.67 bits per heavy atom. The summed E-state index contributed by atoms with van der Waals surface area (Å²) in [7, 11) is 0. The van der Waals surface area contributed by atoms with Crippen molar-refractivity contribution in [3.63, 3.8) is 0 Å². The zero-order valence-electron chi connectivity index (χ0n) is 11.6. The van der Waals surface area contributed by atoms with E-state index in [9.17, 15) is 5.11 Å². The Bertz CT molecular complexity index is 668. The number of aliphatic hydroxyl groups excluding tert-OH is 2. The van der Waals surface area contributed by atoms with E-state index in [1.807, 2.05) is 43.3 Å². The molecule has 0 saturated carbocycles. The smallest absolute Gasteiger partial charge is 0.190 e. The molecule has 21 heavy (non-hydrogen) atoms. The van der Waals surface area contributed by atoms with Gasteiger partial charge in [-0.05, 0) is 18.6 Å². The molecule has 0 aliphatic carbocycles. The molecule has 0 spiro atoms. The average molecular weight is 284 g/mol. The van der Waals surface area contributed by atoms with Crippen LogP contribution in [0.25, 0.3) is 12.2 Å². The van der Waals surface area contributed by atoms with Crippen molar-refractivity contribution < 1.29 is 10.2 Å². The monoisotopic (exact) mass is 284 g/mol. The van der Waals surface area contributed by atoms with Crippen LogP contribution < -0.4 is 0 Å². The fourth-order valence-electron chi connectivity index (χ4n) is 1.81. The molecule has 6 heteroatoms. The minimum absolute atomic E-state index is 0.0821. The third-order valence-electron chi connectivity index (χ3n) is 2.98. The number of hydrogen-bond donors (Lipinski definition) is 2. The molecular formula is C15H16N4O2. The number of benzene rings is 1. The minimum Gasteiger partial charge on any atom is -0.394 e. The lowest BCUT2D eigenvalue weighted by atomic mass is 10.1. The summed E-state index contributed by atoms with van der Waals surface area (Å²) in [4.78, 5) is 0. The summed E-state index contributed by atoms with van der Waals surface area (Å²) in [6.45, 7) is 1.72. The number of aryl methyl sites for hydroxylation is 1. The van der Waals surface area contributed by atoms with Crippen LogP contribution in [0.2, 0.25) is 0 Å². The first-order valence-electron chi connectivity index (χ1n) is 6.51. The number of aliphatic hydroxyl groups is 2. The molecule has 1 aromatic carbocycles. The van der Waals surface area contributed by atoms with Gasteiger partial charge < -0.3 is 10.2 Å². The van der Waals surface area contributed by atoms with Gasteiger partial charge in [0.25, 0.3) is 0 Å². The first kappa shape index (κ1) is 14.9. The normalized spacial score (nSPS) is 12.5. The van der Waals surface area contributed by atoms with E-state index in [-0.39, 0.29) is 18.8 Å². The van der Waals surface area contributed by atoms with Crippen LogP contribution >= 0.6 is 0 Å². The van der Waals surface area contributed by atoms with Gasteiger partial charge in [0.2, 0.25) is 0 Å². The molecule has 108 valence electrons. The third-order valence-corrected chi connectivity index (χ3v) is 2.98. The van der Waals surface area contributed by atoms with E-state index >= 15 is 0 Å². The lowest BCUT2D eigenvalue weighted by molar-refractivity contribution is 0.0776. The summed E-state index contributed by atoms with van der Waals surface area (Å²) < 4.78 is 1.41. The molecule has 0 amide bonds. The Morgan fingerprint density at radius 2 is 2.05 bits per heavy atom. The molecule has 2 aromatic rings. The molecule has 0 fully saturated rings. The SMILES string of the molecule is Cc1ccc(/C=C/c2c(C#N)nnn2CC(O)CO)cc1. The molecule has 1 heterocycles. The quantitative estimate of drug-likeness (QED) is 0.853. The van der Waals surface area contributed by atoms with Crippen LogP contribution in [0.1, 0.15) is 22.5 Å². The summed E-state index contributed by atoms with van der Waals surface area (Å²) in [5, 5.41) is 35.0. The van der Waals surface area contributed by atoms with Crippen LogP contribution in [0.4, 0.5) is 0 Å². The van der Waals surface area contributed by atoms with E-state index in [2.05, 4.69) is 10.3 Å². The van der Waals surface area contributed by atoms with E-state index in [1.54, 1.807) is 6.08 Å². The predicted octanol–water partition coefficient (Wildman–Crippen LogP) is 0.982. The van der Waals surface area contributed by atoms with Gasteiger partial charge in [0.1, 0.15) is 6.07 Å². The molecule has 2 N–H and O–H groups in total. The predicted molar refractivity (Wildman–Crippen MR) is 77.9 cm³/mol. The highest BCUT2D eigenvalue weighted by molar-refractivity contribution is 5.70. The van der Waals surface area contributed by atoms with Crippen molar-refractivity contribution in [2.24, 2.45) is 0 Å². The number of aromatic nitrogens is 3. The van der Waals surface area contributed by atoms with Gasteiger partial charge in [-0.25, -0.2) is 4.68 Å². The maximum absolute atomic E-state index is 9.49. The van der Waals surface area contributed by atoms with E-state index < -0.39 is 6.10 Å². The first-order valence-corrected chi connectivity index (χ1v) is 6.51. The van der Waals surface area contributed by atoms with Gasteiger partial charge in [-0.15, -0.1) is 5.10 Å². The lowest BCUT2D eigenvalue weighted by Crippen LogP contribution is -2.21. The molecule has 0 aliphatic heterocycles. The standard InChI is InChI=1S/C15H16N4O2/c1-11-2-4-12(5-3-11)6-7-15-14(8-16)17-18-19(15)9-13(21)10-20/h2-7,13,20-21H,9-10H2,1H3/b7-6+. The van der Waals surface area contributed by atoms with Crippen LogP contribution in [0.15, 0.2) is 24.3 Å². The summed E-state index contributed by atoms with van der Waals surface area (Å²) in [5.74, 6) is 0. The Balaban J connectivity index is 2.27. The molecular weight excluding hydrogens is 268 g/mol. The molecule has 1 aromatic heterocycles. The van der Waals surface area contributed by atoms with Gasteiger partial charge in [0.05, 0.1) is 24.9 Å². The highest BCUT2D eigenvalue weighted by Crippen LogP contribution is 2.12. The van der Waals surface area contributed by atoms with E-state index in [0.29, 0.717) is 5.69 Å². The van der Waals surface area contributed by atoms with Gasteiger partial charge >= 0.3 is 0 Å². The Kier molecular flexibility index (Phi) is 4.82. The molecule has 2 rings (SSSR count). The largest absolute Gasteiger partial charge is 0.394 e. The number of nitrogens with zero attached hydrogens (tertiary/aromatic N) is 4. The number of hydrogen-bond acceptors (Lipinski definition) is 5. The lowest BCUT2D eigenvalue weighted by Gasteiger charge is -2.07. The van der Waals surface area contributed by atoms with Crippen LogP contribution in [0.5, 0.6) is 0 Å². The first-order chi connectivity index (χ1) is 10.1. The second-order valence-corrected chi connectivity index (χ2v) is 4.70. The highest BCUT2D eigenvalue weighted by Gasteiger charge is 2.12. The van der Waals surface area contributed by atoms with E-state index in [0.717, 1.165) is 5.56 Å². The minimum atomic E-state index is -0.940. The molecule has 0 saturated heterocycles. The number of rotatable bonds is 5. The van der Waals surface area contributed by atoms with Crippen molar-refractivity contribution in [3.8, 4) is 6.07 Å². The van der Waals surface area contributed by atoms with Crippen molar-refractivity contribution >= 4 is 12.2 Å². The van der Waals surface area contributed by atoms with Crippen molar-refractivity contribution in [3.05, 3.63) is 46.8 Å². The van der Waals surface area contributed by atoms with Crippen LogP contribution in [-0.4, -0.2) is 37.9 Å². The van der Waals surface area contributed by atoms with E-state index in [1.165, 1.54) is 10.2 Å². The summed E-state index contributed by atoms with van der Waals surface area (Å²) in [6.07, 6.45) is 2.64.